The quantitative estimate of drug-likeness (QED) is 0.699. The second-order valence-electron chi connectivity index (χ2n) is 3.55. The average molecular weight is 190 g/mol. The summed E-state index contributed by atoms with van der Waals surface area (Å²) in [4.78, 5) is 0. The van der Waals surface area contributed by atoms with Crippen LogP contribution in [0.5, 0.6) is 5.75 Å². The van der Waals surface area contributed by atoms with Gasteiger partial charge in [0.25, 0.3) is 0 Å². The first kappa shape index (κ1) is 10.8. The van der Waals surface area contributed by atoms with Crippen molar-refractivity contribution < 1.29 is 4.74 Å². The van der Waals surface area contributed by atoms with Crippen molar-refractivity contribution in [2.45, 2.75) is 33.3 Å². The van der Waals surface area contributed by atoms with Gasteiger partial charge in [-0.25, -0.2) is 0 Å². The van der Waals surface area contributed by atoms with Crippen LogP contribution in [0.15, 0.2) is 30.3 Å². The van der Waals surface area contributed by atoms with E-state index in [4.69, 9.17) is 4.74 Å². The van der Waals surface area contributed by atoms with E-state index < -0.39 is 0 Å². The van der Waals surface area contributed by atoms with Crippen LogP contribution >= 0.6 is 0 Å². The zero-order valence-corrected chi connectivity index (χ0v) is 9.16. The van der Waals surface area contributed by atoms with E-state index in [9.17, 15) is 0 Å². The highest BCUT2D eigenvalue weighted by molar-refractivity contribution is 5.50. The van der Waals surface area contributed by atoms with E-state index in [1.165, 1.54) is 5.56 Å². The number of hydrogen-bond acceptors (Lipinski definition) is 1. The molecule has 1 nitrogen and oxygen atoms in total. The Bertz CT molecular complexity index is 283. The van der Waals surface area contributed by atoms with Crippen molar-refractivity contribution in [2.75, 3.05) is 0 Å². The Kier molecular flexibility index (Phi) is 4.24. The van der Waals surface area contributed by atoms with Gasteiger partial charge < -0.3 is 4.74 Å². The molecule has 0 spiro atoms. The van der Waals surface area contributed by atoms with E-state index in [0.29, 0.717) is 0 Å². The Labute approximate surface area is 86.4 Å². The first-order valence-electron chi connectivity index (χ1n) is 5.15. The van der Waals surface area contributed by atoms with Crippen LogP contribution in [0, 0.1) is 0 Å². The lowest BCUT2D eigenvalue weighted by Crippen LogP contribution is -2.05. The maximum Gasteiger partial charge on any atom is 0.119 e. The van der Waals surface area contributed by atoms with Crippen molar-refractivity contribution >= 4 is 6.08 Å². The van der Waals surface area contributed by atoms with Gasteiger partial charge in [0.2, 0.25) is 0 Å². The molecule has 76 valence electrons. The van der Waals surface area contributed by atoms with Crippen LogP contribution in [0.1, 0.15) is 32.8 Å². The fourth-order valence-corrected chi connectivity index (χ4v) is 1.18. The molecule has 0 aromatic heterocycles. The zero-order valence-electron chi connectivity index (χ0n) is 9.16. The zero-order chi connectivity index (χ0) is 10.4. The highest BCUT2D eigenvalue weighted by atomic mass is 16.5. The lowest BCUT2D eigenvalue weighted by atomic mass is 10.2. The minimum atomic E-state index is 0.243. The Morgan fingerprint density at radius 1 is 1.21 bits per heavy atom. The summed E-state index contributed by atoms with van der Waals surface area (Å²) in [6.45, 7) is 6.20. The van der Waals surface area contributed by atoms with Gasteiger partial charge in [-0.2, -0.15) is 0 Å². The monoisotopic (exact) mass is 190 g/mol. The average Bonchev–Trinajstić information content (AvgIpc) is 2.16. The van der Waals surface area contributed by atoms with Gasteiger partial charge in [0.1, 0.15) is 5.75 Å². The third kappa shape index (κ3) is 3.65. The molecule has 0 bridgehead atoms. The van der Waals surface area contributed by atoms with Gasteiger partial charge in [0, 0.05) is 0 Å². The molecule has 0 aliphatic heterocycles. The Balaban J connectivity index is 2.64. The predicted octanol–water partition coefficient (Wildman–Crippen LogP) is 3.90. The summed E-state index contributed by atoms with van der Waals surface area (Å²) in [5, 5.41) is 0. The second-order valence-corrected chi connectivity index (χ2v) is 3.55. The number of rotatable bonds is 4. The molecule has 0 unspecified atom stereocenters. The highest BCUT2D eigenvalue weighted by Gasteiger charge is 1.95. The van der Waals surface area contributed by atoms with E-state index >= 15 is 0 Å². The van der Waals surface area contributed by atoms with Gasteiger partial charge >= 0.3 is 0 Å². The molecule has 0 saturated heterocycles. The smallest absolute Gasteiger partial charge is 0.119 e. The fourth-order valence-electron chi connectivity index (χ4n) is 1.18. The van der Waals surface area contributed by atoms with Crippen LogP contribution in [-0.2, 0) is 0 Å². The summed E-state index contributed by atoms with van der Waals surface area (Å²) in [6.07, 6.45) is 5.59. The van der Waals surface area contributed by atoms with Crippen molar-refractivity contribution in [1.29, 1.82) is 0 Å². The Morgan fingerprint density at radius 2 is 1.86 bits per heavy atom. The topological polar surface area (TPSA) is 9.23 Å². The normalized spacial score (nSPS) is 11.1. The largest absolute Gasteiger partial charge is 0.491 e. The molecule has 1 aromatic rings. The lowest BCUT2D eigenvalue weighted by Gasteiger charge is -2.09. The van der Waals surface area contributed by atoms with Crippen LogP contribution in [-0.4, -0.2) is 6.10 Å². The summed E-state index contributed by atoms with van der Waals surface area (Å²) >= 11 is 0. The maximum absolute atomic E-state index is 5.55. The van der Waals surface area contributed by atoms with Crippen molar-refractivity contribution in [3.05, 3.63) is 35.9 Å². The lowest BCUT2D eigenvalue weighted by molar-refractivity contribution is 0.242. The molecule has 0 fully saturated rings. The molecule has 0 N–H and O–H groups in total. The standard InChI is InChI=1S/C13H18O/c1-4-5-6-12-7-9-13(10-8-12)14-11(2)3/h5-11H,4H2,1-3H3. The summed E-state index contributed by atoms with van der Waals surface area (Å²) in [7, 11) is 0. The summed E-state index contributed by atoms with van der Waals surface area (Å²) in [5.41, 5.74) is 1.22. The molecule has 0 radical (unpaired) electrons. The van der Waals surface area contributed by atoms with Crippen LogP contribution in [0.2, 0.25) is 0 Å². The number of hydrogen-bond donors (Lipinski definition) is 0. The third-order valence-corrected chi connectivity index (χ3v) is 1.80. The summed E-state index contributed by atoms with van der Waals surface area (Å²) in [5.74, 6) is 0.939. The molecular weight excluding hydrogens is 172 g/mol. The fraction of sp³-hybridized carbons (Fsp3) is 0.385. The van der Waals surface area contributed by atoms with Crippen molar-refractivity contribution in [3.8, 4) is 5.75 Å². The minimum Gasteiger partial charge on any atom is -0.491 e. The maximum atomic E-state index is 5.55. The Morgan fingerprint density at radius 3 is 2.36 bits per heavy atom. The van der Waals surface area contributed by atoms with Gasteiger partial charge in [-0.15, -0.1) is 0 Å². The van der Waals surface area contributed by atoms with E-state index in [1.807, 2.05) is 26.0 Å². The van der Waals surface area contributed by atoms with Crippen molar-refractivity contribution in [2.24, 2.45) is 0 Å². The molecule has 1 heteroatoms. The predicted molar refractivity (Wildman–Crippen MR) is 61.5 cm³/mol. The van der Waals surface area contributed by atoms with Crippen LogP contribution < -0.4 is 4.74 Å². The SMILES string of the molecule is CCC=Cc1ccc(OC(C)C)cc1. The van der Waals surface area contributed by atoms with Crippen molar-refractivity contribution in [3.63, 3.8) is 0 Å². The van der Waals surface area contributed by atoms with Crippen molar-refractivity contribution in [1.82, 2.24) is 0 Å². The molecule has 0 aliphatic carbocycles. The Hall–Kier alpha value is -1.24. The molecule has 0 heterocycles. The first-order chi connectivity index (χ1) is 6.72. The van der Waals surface area contributed by atoms with Gasteiger partial charge in [0.05, 0.1) is 6.10 Å². The van der Waals surface area contributed by atoms with Crippen LogP contribution in [0.3, 0.4) is 0 Å². The van der Waals surface area contributed by atoms with E-state index in [1.54, 1.807) is 0 Å². The number of ether oxygens (including phenoxy) is 1. The molecule has 14 heavy (non-hydrogen) atoms. The van der Waals surface area contributed by atoms with Crippen LogP contribution in [0.25, 0.3) is 6.08 Å². The molecule has 1 aromatic carbocycles. The van der Waals surface area contributed by atoms with Gasteiger partial charge in [0.15, 0.2) is 0 Å². The van der Waals surface area contributed by atoms with Gasteiger partial charge in [-0.1, -0.05) is 31.2 Å². The van der Waals surface area contributed by atoms with Crippen LogP contribution in [0.4, 0.5) is 0 Å². The van der Waals surface area contributed by atoms with E-state index in [2.05, 4.69) is 31.2 Å². The molecule has 0 aliphatic rings. The molecule has 0 amide bonds. The second kappa shape index (κ2) is 5.48. The number of benzene rings is 1. The third-order valence-electron chi connectivity index (χ3n) is 1.80. The number of allylic oxidation sites excluding steroid dienone is 1. The summed E-state index contributed by atoms with van der Waals surface area (Å²) in [6, 6.07) is 8.17. The highest BCUT2D eigenvalue weighted by Crippen LogP contribution is 2.14. The molecule has 1 rings (SSSR count). The van der Waals surface area contributed by atoms with E-state index in [-0.39, 0.29) is 6.10 Å². The van der Waals surface area contributed by atoms with Gasteiger partial charge in [-0.3, -0.25) is 0 Å². The molecule has 0 saturated carbocycles. The minimum absolute atomic E-state index is 0.243. The molecule has 0 atom stereocenters. The molecular formula is C13H18O. The van der Waals surface area contributed by atoms with E-state index in [0.717, 1.165) is 12.2 Å². The van der Waals surface area contributed by atoms with Gasteiger partial charge in [-0.05, 0) is 38.0 Å². The summed E-state index contributed by atoms with van der Waals surface area (Å²) < 4.78 is 5.55. The first-order valence-corrected chi connectivity index (χ1v) is 5.15.